The van der Waals surface area contributed by atoms with E-state index in [1.807, 2.05) is 31.2 Å². The summed E-state index contributed by atoms with van der Waals surface area (Å²) in [6.07, 6.45) is 0. The Morgan fingerprint density at radius 3 is 2.58 bits per heavy atom. The molecule has 24 heavy (non-hydrogen) atoms. The molecule has 0 saturated heterocycles. The highest BCUT2D eigenvalue weighted by Crippen LogP contribution is 2.27. The molecule has 122 valence electrons. The van der Waals surface area contributed by atoms with E-state index in [2.05, 4.69) is 15.5 Å². The summed E-state index contributed by atoms with van der Waals surface area (Å²) in [4.78, 5) is 12.2. The summed E-state index contributed by atoms with van der Waals surface area (Å²) in [7, 11) is 1.52. The molecule has 0 atom stereocenters. The third kappa shape index (κ3) is 3.38. The molecule has 1 aromatic heterocycles. The molecular formula is C17H14ClN3O3. The molecule has 6 nitrogen and oxygen atoms in total. The third-order valence-electron chi connectivity index (χ3n) is 3.33. The van der Waals surface area contributed by atoms with Crippen LogP contribution in [0.15, 0.2) is 46.9 Å². The lowest BCUT2D eigenvalue weighted by molar-refractivity contribution is 0.0991. The molecule has 1 N–H and O–H groups in total. The summed E-state index contributed by atoms with van der Waals surface area (Å²) in [5, 5.41) is 10.7. The number of carbonyl (C=O) groups excluding carboxylic acids is 1. The number of methoxy groups -OCH3 is 1. The number of amides is 1. The van der Waals surface area contributed by atoms with E-state index in [0.29, 0.717) is 16.5 Å². The van der Waals surface area contributed by atoms with E-state index >= 15 is 0 Å². The molecule has 2 aromatic carbocycles. The van der Waals surface area contributed by atoms with Crippen molar-refractivity contribution in [2.45, 2.75) is 6.92 Å². The first-order valence-corrected chi connectivity index (χ1v) is 7.50. The zero-order chi connectivity index (χ0) is 17.1. The molecule has 3 rings (SSSR count). The normalized spacial score (nSPS) is 10.5. The maximum Gasteiger partial charge on any atom is 0.313 e. The number of hydrogen-bond donors (Lipinski definition) is 1. The van der Waals surface area contributed by atoms with Crippen molar-refractivity contribution < 1.29 is 13.9 Å². The number of carbonyl (C=O) groups is 1. The first-order chi connectivity index (χ1) is 11.6. The van der Waals surface area contributed by atoms with Crippen LogP contribution in [0.5, 0.6) is 5.75 Å². The summed E-state index contributed by atoms with van der Waals surface area (Å²) in [5.41, 5.74) is 2.37. The van der Waals surface area contributed by atoms with Gasteiger partial charge in [0.1, 0.15) is 5.75 Å². The molecule has 1 heterocycles. The number of ether oxygens (including phenoxy) is 1. The summed E-state index contributed by atoms with van der Waals surface area (Å²) in [6, 6.07) is 12.5. The fourth-order valence-electron chi connectivity index (χ4n) is 2.06. The minimum Gasteiger partial charge on any atom is -0.495 e. The maximum absolute atomic E-state index is 12.2. The van der Waals surface area contributed by atoms with E-state index in [1.54, 1.807) is 18.2 Å². The predicted octanol–water partition coefficient (Wildman–Crippen LogP) is 3.96. The Balaban J connectivity index is 1.76. The van der Waals surface area contributed by atoms with Gasteiger partial charge in [-0.1, -0.05) is 29.3 Å². The van der Waals surface area contributed by atoms with E-state index in [4.69, 9.17) is 20.8 Å². The second-order valence-corrected chi connectivity index (χ2v) is 5.49. The zero-order valence-electron chi connectivity index (χ0n) is 13.0. The number of nitrogens with zero attached hydrogens (tertiary/aromatic N) is 2. The number of rotatable bonds is 4. The molecule has 7 heteroatoms. The second-order valence-electron chi connectivity index (χ2n) is 5.08. The Labute approximate surface area is 143 Å². The van der Waals surface area contributed by atoms with Gasteiger partial charge < -0.3 is 14.5 Å². The maximum atomic E-state index is 12.2. The van der Waals surface area contributed by atoms with Gasteiger partial charge in [-0.2, -0.15) is 0 Å². The Bertz CT molecular complexity index is 875. The van der Waals surface area contributed by atoms with Crippen LogP contribution in [-0.2, 0) is 0 Å². The quantitative estimate of drug-likeness (QED) is 0.775. The fraction of sp³-hybridized carbons (Fsp3) is 0.118. The van der Waals surface area contributed by atoms with Gasteiger partial charge in [-0.15, -0.1) is 10.2 Å². The predicted molar refractivity (Wildman–Crippen MR) is 90.4 cm³/mol. The molecule has 0 bridgehead atoms. The lowest BCUT2D eigenvalue weighted by Crippen LogP contribution is -2.12. The lowest BCUT2D eigenvalue weighted by atomic mass is 10.1. The highest BCUT2D eigenvalue weighted by atomic mass is 35.5. The van der Waals surface area contributed by atoms with Crippen LogP contribution in [-0.4, -0.2) is 23.2 Å². The van der Waals surface area contributed by atoms with Crippen molar-refractivity contribution in [2.24, 2.45) is 0 Å². The van der Waals surface area contributed by atoms with Crippen molar-refractivity contribution in [3.8, 4) is 17.2 Å². The van der Waals surface area contributed by atoms with Gasteiger partial charge in [0.15, 0.2) is 0 Å². The van der Waals surface area contributed by atoms with Crippen molar-refractivity contribution >= 4 is 23.2 Å². The lowest BCUT2D eigenvalue weighted by Gasteiger charge is -2.06. The summed E-state index contributed by atoms with van der Waals surface area (Å²) >= 11 is 6.03. The number of aryl methyl sites for hydroxylation is 1. The molecule has 1 amide bonds. The Hall–Kier alpha value is -2.86. The Morgan fingerprint density at radius 2 is 1.92 bits per heavy atom. The molecular weight excluding hydrogens is 330 g/mol. The van der Waals surface area contributed by atoms with Gasteiger partial charge in [0.2, 0.25) is 5.89 Å². The average molecular weight is 344 g/mol. The van der Waals surface area contributed by atoms with Crippen molar-refractivity contribution in [1.29, 1.82) is 0 Å². The third-order valence-corrected chi connectivity index (χ3v) is 3.62. The number of anilines is 1. The highest BCUT2D eigenvalue weighted by molar-refractivity contribution is 6.32. The number of nitrogens with one attached hydrogen (secondary N) is 1. The number of hydrogen-bond acceptors (Lipinski definition) is 5. The fourth-order valence-corrected chi connectivity index (χ4v) is 2.31. The standard InChI is InChI=1S/C17H14ClN3O3/c1-10-3-5-11(6-4-10)16-20-21-17(24-16)15(22)19-12-7-8-14(23-2)13(18)9-12/h3-9H,1-2H3,(H,19,22). The van der Waals surface area contributed by atoms with Crippen LogP contribution in [0.1, 0.15) is 16.2 Å². The topological polar surface area (TPSA) is 77.2 Å². The SMILES string of the molecule is COc1ccc(NC(=O)c2nnc(-c3ccc(C)cc3)o2)cc1Cl. The highest BCUT2D eigenvalue weighted by Gasteiger charge is 2.16. The monoisotopic (exact) mass is 343 g/mol. The van der Waals surface area contributed by atoms with E-state index in [-0.39, 0.29) is 11.8 Å². The van der Waals surface area contributed by atoms with Gasteiger partial charge >= 0.3 is 11.8 Å². The van der Waals surface area contributed by atoms with Crippen molar-refractivity contribution in [2.75, 3.05) is 12.4 Å². The van der Waals surface area contributed by atoms with E-state index in [1.165, 1.54) is 7.11 Å². The molecule has 3 aromatic rings. The molecule has 0 radical (unpaired) electrons. The largest absolute Gasteiger partial charge is 0.495 e. The van der Waals surface area contributed by atoms with Crippen LogP contribution in [0.2, 0.25) is 5.02 Å². The van der Waals surface area contributed by atoms with E-state index in [9.17, 15) is 4.79 Å². The van der Waals surface area contributed by atoms with Crippen molar-refractivity contribution in [1.82, 2.24) is 10.2 Å². The van der Waals surface area contributed by atoms with Gasteiger partial charge in [-0.25, -0.2) is 0 Å². The molecule has 0 spiro atoms. The van der Waals surface area contributed by atoms with Gasteiger partial charge in [0.05, 0.1) is 12.1 Å². The number of halogens is 1. The molecule has 0 aliphatic rings. The van der Waals surface area contributed by atoms with E-state index < -0.39 is 5.91 Å². The average Bonchev–Trinajstić information content (AvgIpc) is 3.06. The van der Waals surface area contributed by atoms with Gasteiger partial charge in [0, 0.05) is 11.3 Å². The van der Waals surface area contributed by atoms with Crippen LogP contribution in [0.4, 0.5) is 5.69 Å². The second kappa shape index (κ2) is 6.72. The van der Waals surface area contributed by atoms with Crippen LogP contribution in [0.25, 0.3) is 11.5 Å². The summed E-state index contributed by atoms with van der Waals surface area (Å²) in [6.45, 7) is 1.98. The minimum absolute atomic E-state index is 0.127. The summed E-state index contributed by atoms with van der Waals surface area (Å²) in [5.74, 6) is 0.168. The van der Waals surface area contributed by atoms with Crippen LogP contribution in [0.3, 0.4) is 0 Å². The van der Waals surface area contributed by atoms with Crippen LogP contribution >= 0.6 is 11.6 Å². The van der Waals surface area contributed by atoms with Crippen LogP contribution in [0, 0.1) is 6.92 Å². The number of aromatic nitrogens is 2. The van der Waals surface area contributed by atoms with Crippen molar-refractivity contribution in [3.05, 3.63) is 58.9 Å². The number of benzene rings is 2. The Kier molecular flexibility index (Phi) is 4.48. The van der Waals surface area contributed by atoms with Crippen LogP contribution < -0.4 is 10.1 Å². The van der Waals surface area contributed by atoms with Gasteiger partial charge in [0.25, 0.3) is 0 Å². The molecule has 0 saturated carbocycles. The minimum atomic E-state index is -0.512. The van der Waals surface area contributed by atoms with Gasteiger partial charge in [-0.3, -0.25) is 4.79 Å². The molecule has 0 unspecified atom stereocenters. The summed E-state index contributed by atoms with van der Waals surface area (Å²) < 4.78 is 10.5. The van der Waals surface area contributed by atoms with Crippen molar-refractivity contribution in [3.63, 3.8) is 0 Å². The van der Waals surface area contributed by atoms with Gasteiger partial charge in [-0.05, 0) is 37.3 Å². The molecule has 0 fully saturated rings. The first-order valence-electron chi connectivity index (χ1n) is 7.12. The first kappa shape index (κ1) is 16.0. The van der Waals surface area contributed by atoms with E-state index in [0.717, 1.165) is 11.1 Å². The molecule has 0 aliphatic carbocycles. The smallest absolute Gasteiger partial charge is 0.313 e. The molecule has 0 aliphatic heterocycles. The zero-order valence-corrected chi connectivity index (χ0v) is 13.8. The Morgan fingerprint density at radius 1 is 1.17 bits per heavy atom.